The van der Waals surface area contributed by atoms with Crippen molar-refractivity contribution in [2.75, 3.05) is 18.6 Å². The van der Waals surface area contributed by atoms with Gasteiger partial charge in [0, 0.05) is 19.2 Å². The van der Waals surface area contributed by atoms with Crippen LogP contribution >= 0.6 is 0 Å². The van der Waals surface area contributed by atoms with Gasteiger partial charge in [0.15, 0.2) is 5.65 Å². The molecule has 5 rings (SSSR count). The predicted molar refractivity (Wildman–Crippen MR) is 122 cm³/mol. The maximum absolute atomic E-state index is 14.0. The van der Waals surface area contributed by atoms with E-state index in [1.807, 2.05) is 67.4 Å². The van der Waals surface area contributed by atoms with E-state index in [9.17, 15) is 4.79 Å². The van der Waals surface area contributed by atoms with Gasteiger partial charge in [0.1, 0.15) is 5.75 Å². The van der Waals surface area contributed by atoms with Crippen molar-refractivity contribution in [3.63, 3.8) is 0 Å². The van der Waals surface area contributed by atoms with E-state index in [0.717, 1.165) is 52.2 Å². The van der Waals surface area contributed by atoms with Crippen LogP contribution in [0.25, 0.3) is 22.3 Å². The molecule has 0 spiro atoms. The van der Waals surface area contributed by atoms with E-state index < -0.39 is 0 Å². The van der Waals surface area contributed by atoms with Crippen molar-refractivity contribution in [2.45, 2.75) is 19.8 Å². The van der Waals surface area contributed by atoms with Crippen LogP contribution in [0.5, 0.6) is 5.75 Å². The predicted octanol–water partition coefficient (Wildman–Crippen LogP) is 4.55. The first-order chi connectivity index (χ1) is 15.1. The highest BCUT2D eigenvalue weighted by atomic mass is 16.5. The molecule has 1 amide bonds. The average molecular weight is 412 g/mol. The van der Waals surface area contributed by atoms with E-state index in [1.54, 1.807) is 11.8 Å². The summed E-state index contributed by atoms with van der Waals surface area (Å²) in [5.41, 5.74) is 5.85. The molecule has 0 bridgehead atoms. The summed E-state index contributed by atoms with van der Waals surface area (Å²) in [6.45, 7) is 2.57. The van der Waals surface area contributed by atoms with Gasteiger partial charge in [0.2, 0.25) is 0 Å². The van der Waals surface area contributed by atoms with Crippen LogP contribution in [0.2, 0.25) is 0 Å². The Morgan fingerprint density at radius 3 is 2.68 bits per heavy atom. The van der Waals surface area contributed by atoms with Crippen LogP contribution in [0.3, 0.4) is 0 Å². The van der Waals surface area contributed by atoms with E-state index in [1.165, 1.54) is 0 Å². The number of hydrogen-bond acceptors (Lipinski definition) is 4. The Kier molecular flexibility index (Phi) is 4.70. The molecule has 0 saturated carbocycles. The lowest BCUT2D eigenvalue weighted by molar-refractivity contribution is 0.0986. The number of rotatable bonds is 3. The van der Waals surface area contributed by atoms with E-state index in [4.69, 9.17) is 9.72 Å². The second-order valence-corrected chi connectivity index (χ2v) is 7.86. The molecule has 1 aliphatic rings. The summed E-state index contributed by atoms with van der Waals surface area (Å²) in [7, 11) is 3.51. The number of anilines is 1. The molecule has 3 heterocycles. The molecule has 1 aliphatic heterocycles. The van der Waals surface area contributed by atoms with Crippen LogP contribution in [0.15, 0.2) is 54.6 Å². The van der Waals surface area contributed by atoms with Crippen LogP contribution in [0, 0.1) is 6.92 Å². The molecule has 2 aromatic carbocycles. The monoisotopic (exact) mass is 412 g/mol. The molecular formula is C25H24N4O2. The van der Waals surface area contributed by atoms with Gasteiger partial charge >= 0.3 is 0 Å². The second kappa shape index (κ2) is 7.54. The first-order valence-corrected chi connectivity index (χ1v) is 10.5. The zero-order chi connectivity index (χ0) is 21.5. The molecule has 0 fully saturated rings. The highest BCUT2D eigenvalue weighted by molar-refractivity contribution is 6.15. The van der Waals surface area contributed by atoms with Crippen LogP contribution in [-0.2, 0) is 13.5 Å². The zero-order valence-corrected chi connectivity index (χ0v) is 17.9. The number of carbonyl (C=O) groups is 1. The molecule has 0 saturated heterocycles. The molecule has 2 aromatic heterocycles. The van der Waals surface area contributed by atoms with Gasteiger partial charge < -0.3 is 9.64 Å². The number of ether oxygens (including phenoxy) is 1. The molecule has 0 aliphatic carbocycles. The fraction of sp³-hybridized carbons (Fsp3) is 0.240. The van der Waals surface area contributed by atoms with Gasteiger partial charge in [-0.15, -0.1) is 0 Å². The Bertz CT molecular complexity index is 1280. The molecule has 31 heavy (non-hydrogen) atoms. The Balaban J connectivity index is 1.72. The lowest BCUT2D eigenvalue weighted by Gasteiger charge is -2.31. The van der Waals surface area contributed by atoms with Crippen LogP contribution in [0.4, 0.5) is 5.69 Å². The third-order valence-electron chi connectivity index (χ3n) is 5.91. The largest absolute Gasteiger partial charge is 0.495 e. The lowest BCUT2D eigenvalue weighted by atomic mass is 9.98. The fourth-order valence-corrected chi connectivity index (χ4v) is 4.50. The summed E-state index contributed by atoms with van der Waals surface area (Å²) < 4.78 is 7.36. The lowest BCUT2D eigenvalue weighted by Crippen LogP contribution is -2.36. The number of fused-ring (bicyclic) bond motifs is 2. The van der Waals surface area contributed by atoms with Crippen LogP contribution in [-0.4, -0.2) is 34.3 Å². The van der Waals surface area contributed by atoms with Gasteiger partial charge in [-0.05, 0) is 37.5 Å². The topological polar surface area (TPSA) is 60.2 Å². The van der Waals surface area contributed by atoms with Gasteiger partial charge in [-0.2, -0.15) is 5.10 Å². The van der Waals surface area contributed by atoms with Crippen molar-refractivity contribution in [1.29, 1.82) is 0 Å². The Morgan fingerprint density at radius 2 is 1.90 bits per heavy atom. The van der Waals surface area contributed by atoms with Crippen molar-refractivity contribution in [3.8, 4) is 17.0 Å². The zero-order valence-electron chi connectivity index (χ0n) is 17.9. The van der Waals surface area contributed by atoms with E-state index in [0.29, 0.717) is 17.8 Å². The first-order valence-electron chi connectivity index (χ1n) is 10.5. The van der Waals surface area contributed by atoms with Gasteiger partial charge in [-0.1, -0.05) is 42.5 Å². The van der Waals surface area contributed by atoms with E-state index >= 15 is 0 Å². The number of para-hydroxylation sites is 1. The van der Waals surface area contributed by atoms with E-state index in [2.05, 4.69) is 11.2 Å². The van der Waals surface area contributed by atoms with Crippen molar-refractivity contribution in [3.05, 3.63) is 71.4 Å². The number of aryl methyl sites for hydroxylation is 3. The molecule has 4 aromatic rings. The Labute approximate surface area is 181 Å². The maximum Gasteiger partial charge on any atom is 0.259 e. The minimum absolute atomic E-state index is 0.0499. The quantitative estimate of drug-likeness (QED) is 0.495. The molecular weight excluding hydrogens is 388 g/mol. The summed E-state index contributed by atoms with van der Waals surface area (Å²) in [6, 6.07) is 17.8. The van der Waals surface area contributed by atoms with Gasteiger partial charge in [0.25, 0.3) is 5.91 Å². The van der Waals surface area contributed by atoms with Gasteiger partial charge in [-0.25, -0.2) is 4.98 Å². The highest BCUT2D eigenvalue weighted by Crippen LogP contribution is 2.38. The highest BCUT2D eigenvalue weighted by Gasteiger charge is 2.29. The molecule has 6 heteroatoms. The number of pyridine rings is 1. The number of methoxy groups -OCH3 is 1. The minimum Gasteiger partial charge on any atom is -0.495 e. The normalized spacial score (nSPS) is 13.3. The molecule has 0 N–H and O–H groups in total. The average Bonchev–Trinajstić information content (AvgIpc) is 3.11. The smallest absolute Gasteiger partial charge is 0.259 e. The molecule has 6 nitrogen and oxygen atoms in total. The maximum atomic E-state index is 14.0. The Hall–Kier alpha value is -3.67. The van der Waals surface area contributed by atoms with Crippen molar-refractivity contribution in [1.82, 2.24) is 14.8 Å². The molecule has 0 unspecified atom stereocenters. The minimum atomic E-state index is -0.0499. The number of benzene rings is 2. The number of aromatic nitrogens is 3. The van der Waals surface area contributed by atoms with Gasteiger partial charge in [-0.3, -0.25) is 9.48 Å². The number of hydrogen-bond donors (Lipinski definition) is 0. The number of amides is 1. The van der Waals surface area contributed by atoms with E-state index in [-0.39, 0.29) is 5.91 Å². The summed E-state index contributed by atoms with van der Waals surface area (Å²) in [4.78, 5) is 20.7. The summed E-state index contributed by atoms with van der Waals surface area (Å²) in [5.74, 6) is 0.674. The second-order valence-electron chi connectivity index (χ2n) is 7.86. The first kappa shape index (κ1) is 19.3. The summed E-state index contributed by atoms with van der Waals surface area (Å²) in [6.07, 6.45) is 1.85. The molecule has 156 valence electrons. The van der Waals surface area contributed by atoms with Crippen LogP contribution < -0.4 is 9.64 Å². The fourth-order valence-electron chi connectivity index (χ4n) is 4.50. The summed E-state index contributed by atoms with van der Waals surface area (Å²) >= 11 is 0. The SMILES string of the molecule is COc1cccc2c1N(C(=O)c1cc(-c3ccccc3)nc3c1c(C)nn3C)CCC2. The van der Waals surface area contributed by atoms with Crippen LogP contribution in [0.1, 0.15) is 28.0 Å². The van der Waals surface area contributed by atoms with Gasteiger partial charge in [0.05, 0.1) is 35.1 Å². The Morgan fingerprint density at radius 1 is 1.10 bits per heavy atom. The number of nitrogens with zero attached hydrogens (tertiary/aromatic N) is 4. The van der Waals surface area contributed by atoms with Crippen molar-refractivity contribution >= 4 is 22.6 Å². The van der Waals surface area contributed by atoms with Crippen molar-refractivity contribution < 1.29 is 9.53 Å². The number of carbonyl (C=O) groups excluding carboxylic acids is 1. The van der Waals surface area contributed by atoms with Crippen molar-refractivity contribution in [2.24, 2.45) is 7.05 Å². The third kappa shape index (κ3) is 3.15. The molecule has 0 radical (unpaired) electrons. The third-order valence-corrected chi connectivity index (χ3v) is 5.91. The standard InChI is InChI=1S/C25H24N4O2/c1-16-22-19(15-20(17-9-5-4-6-10-17)26-24(22)28(2)27-16)25(30)29-14-8-12-18-11-7-13-21(31-3)23(18)29/h4-7,9-11,13,15H,8,12,14H2,1-3H3. The summed E-state index contributed by atoms with van der Waals surface area (Å²) in [5, 5.41) is 5.35. The molecule has 0 atom stereocenters.